The van der Waals surface area contributed by atoms with Crippen LogP contribution in [-0.4, -0.2) is 12.5 Å². The maximum Gasteiger partial charge on any atom is 0.243 e. The molecule has 2 nitrogen and oxygen atoms in total. The fourth-order valence-corrected chi connectivity index (χ4v) is 1.10. The van der Waals surface area contributed by atoms with Gasteiger partial charge in [-0.25, -0.2) is 0 Å². The summed E-state index contributed by atoms with van der Waals surface area (Å²) in [5, 5.41) is 2.80. The maximum absolute atomic E-state index is 11.2. The first-order valence-electron chi connectivity index (χ1n) is 6.20. The molecule has 0 aliphatic rings. The number of unbranched alkanes of at least 4 members (excludes halogenated alkanes) is 1. The number of hydrogen-bond acceptors (Lipinski definition) is 1. The molecule has 2 heteroatoms. The molecule has 94 valence electrons. The van der Waals surface area contributed by atoms with E-state index >= 15 is 0 Å². The number of allylic oxidation sites excluding steroid dienone is 7. The molecule has 0 saturated heterocycles. The molecule has 0 aromatic rings. The highest BCUT2D eigenvalue weighted by molar-refractivity contribution is 5.87. The Labute approximate surface area is 105 Å². The van der Waals surface area contributed by atoms with Crippen LogP contribution in [0.3, 0.4) is 0 Å². The van der Waals surface area contributed by atoms with Gasteiger partial charge in [0.1, 0.15) is 0 Å². The van der Waals surface area contributed by atoms with Crippen LogP contribution in [-0.2, 0) is 4.79 Å². The predicted molar refractivity (Wildman–Crippen MR) is 74.8 cm³/mol. The standard InChI is InChI=1S/C15H23NO/c1-3-5-6-7-8-9-10-11-12-13-15(17)16-14-4-2/h3,5-9,12-13H,4,10-11,14H2,1-2H3,(H,16,17)/b5-3+,7-6+,9-8-,13-12+. The Morgan fingerprint density at radius 2 is 1.76 bits per heavy atom. The molecule has 0 aliphatic heterocycles. The second-order valence-electron chi connectivity index (χ2n) is 3.61. The Balaban J connectivity index is 3.56. The third-order valence-corrected chi connectivity index (χ3v) is 1.98. The van der Waals surface area contributed by atoms with Crippen molar-refractivity contribution < 1.29 is 4.79 Å². The fraction of sp³-hybridized carbons (Fsp3) is 0.400. The fourth-order valence-electron chi connectivity index (χ4n) is 1.10. The van der Waals surface area contributed by atoms with Gasteiger partial charge < -0.3 is 5.32 Å². The van der Waals surface area contributed by atoms with Crippen LogP contribution in [0.15, 0.2) is 48.6 Å². The molecule has 0 bridgehead atoms. The quantitative estimate of drug-likeness (QED) is 0.388. The van der Waals surface area contributed by atoms with Gasteiger partial charge in [0, 0.05) is 6.54 Å². The minimum absolute atomic E-state index is 0.00353. The van der Waals surface area contributed by atoms with E-state index in [9.17, 15) is 4.79 Å². The van der Waals surface area contributed by atoms with E-state index in [2.05, 4.69) is 11.4 Å². The molecule has 0 radical (unpaired) electrons. The number of rotatable bonds is 8. The summed E-state index contributed by atoms with van der Waals surface area (Å²) in [7, 11) is 0. The largest absolute Gasteiger partial charge is 0.353 e. The number of carbonyl (C=O) groups excluding carboxylic acids is 1. The minimum Gasteiger partial charge on any atom is -0.353 e. The normalized spacial score (nSPS) is 12.4. The summed E-state index contributed by atoms with van der Waals surface area (Å²) in [5.74, 6) is 0.00353. The van der Waals surface area contributed by atoms with Crippen LogP contribution in [0, 0.1) is 0 Å². The lowest BCUT2D eigenvalue weighted by atomic mass is 10.2. The zero-order chi connectivity index (χ0) is 12.8. The van der Waals surface area contributed by atoms with Gasteiger partial charge in [0.2, 0.25) is 5.91 Å². The van der Waals surface area contributed by atoms with Gasteiger partial charge in [-0.3, -0.25) is 4.79 Å². The first-order valence-corrected chi connectivity index (χ1v) is 6.20. The summed E-state index contributed by atoms with van der Waals surface area (Å²) in [5.41, 5.74) is 0. The van der Waals surface area contributed by atoms with Crippen molar-refractivity contribution in [3.05, 3.63) is 48.6 Å². The summed E-state index contributed by atoms with van der Waals surface area (Å²) < 4.78 is 0. The zero-order valence-electron chi connectivity index (χ0n) is 10.9. The molecule has 17 heavy (non-hydrogen) atoms. The average Bonchev–Trinajstić information content (AvgIpc) is 2.34. The van der Waals surface area contributed by atoms with Crippen molar-refractivity contribution in [2.45, 2.75) is 33.1 Å². The molecular formula is C15H23NO. The van der Waals surface area contributed by atoms with Crippen LogP contribution in [0.25, 0.3) is 0 Å². The third-order valence-electron chi connectivity index (χ3n) is 1.98. The average molecular weight is 233 g/mol. The van der Waals surface area contributed by atoms with E-state index in [1.54, 1.807) is 6.08 Å². The van der Waals surface area contributed by atoms with Crippen molar-refractivity contribution in [3.63, 3.8) is 0 Å². The van der Waals surface area contributed by atoms with Gasteiger partial charge >= 0.3 is 0 Å². The number of hydrogen-bond donors (Lipinski definition) is 1. The van der Waals surface area contributed by atoms with Crippen LogP contribution in [0.5, 0.6) is 0 Å². The van der Waals surface area contributed by atoms with Gasteiger partial charge in [-0.05, 0) is 32.3 Å². The summed E-state index contributed by atoms with van der Waals surface area (Å²) in [6, 6.07) is 0. The van der Waals surface area contributed by atoms with Crippen molar-refractivity contribution in [3.8, 4) is 0 Å². The molecule has 0 heterocycles. The molecule has 0 unspecified atom stereocenters. The molecule has 1 amide bonds. The molecule has 0 aromatic heterocycles. The molecule has 0 atom stereocenters. The Hall–Kier alpha value is -1.57. The summed E-state index contributed by atoms with van der Waals surface area (Å²) in [4.78, 5) is 11.2. The van der Waals surface area contributed by atoms with Gasteiger partial charge in [0.25, 0.3) is 0 Å². The van der Waals surface area contributed by atoms with Crippen LogP contribution in [0.2, 0.25) is 0 Å². The lowest BCUT2D eigenvalue weighted by Crippen LogP contribution is -2.21. The summed E-state index contributed by atoms with van der Waals surface area (Å²) >= 11 is 0. The zero-order valence-corrected chi connectivity index (χ0v) is 10.9. The van der Waals surface area contributed by atoms with Gasteiger partial charge in [0.15, 0.2) is 0 Å². The van der Waals surface area contributed by atoms with Crippen LogP contribution >= 0.6 is 0 Å². The van der Waals surface area contributed by atoms with Crippen molar-refractivity contribution >= 4 is 5.91 Å². The van der Waals surface area contributed by atoms with Gasteiger partial charge in [-0.1, -0.05) is 49.5 Å². The lowest BCUT2D eigenvalue weighted by molar-refractivity contribution is -0.116. The minimum atomic E-state index is 0.00353. The Kier molecular flexibility index (Phi) is 11.3. The molecule has 0 spiro atoms. The number of nitrogens with one attached hydrogen (secondary N) is 1. The predicted octanol–water partition coefficient (Wildman–Crippen LogP) is 3.54. The summed E-state index contributed by atoms with van der Waals surface area (Å²) in [6.45, 7) is 4.78. The number of amides is 1. The van der Waals surface area contributed by atoms with E-state index in [1.165, 1.54) is 0 Å². The third kappa shape index (κ3) is 12.4. The first kappa shape index (κ1) is 15.4. The number of carbonyl (C=O) groups is 1. The maximum atomic E-state index is 11.2. The van der Waals surface area contributed by atoms with Gasteiger partial charge in [-0.2, -0.15) is 0 Å². The van der Waals surface area contributed by atoms with E-state index in [0.29, 0.717) is 0 Å². The highest BCUT2D eigenvalue weighted by Gasteiger charge is 1.90. The van der Waals surface area contributed by atoms with Crippen molar-refractivity contribution in [1.82, 2.24) is 5.32 Å². The van der Waals surface area contributed by atoms with E-state index in [-0.39, 0.29) is 5.91 Å². The second-order valence-corrected chi connectivity index (χ2v) is 3.61. The highest BCUT2D eigenvalue weighted by atomic mass is 16.1. The summed E-state index contributed by atoms with van der Waals surface area (Å²) in [6.07, 6.45) is 18.4. The molecule has 1 N–H and O–H groups in total. The van der Waals surface area contributed by atoms with E-state index in [1.807, 2.05) is 50.3 Å². The molecule has 0 fully saturated rings. The van der Waals surface area contributed by atoms with Crippen molar-refractivity contribution in [2.75, 3.05) is 6.54 Å². The van der Waals surface area contributed by atoms with Crippen LogP contribution < -0.4 is 5.32 Å². The van der Waals surface area contributed by atoms with Crippen molar-refractivity contribution in [2.24, 2.45) is 0 Å². The van der Waals surface area contributed by atoms with Gasteiger partial charge in [-0.15, -0.1) is 0 Å². The van der Waals surface area contributed by atoms with E-state index in [0.717, 1.165) is 25.8 Å². The van der Waals surface area contributed by atoms with Crippen LogP contribution in [0.1, 0.15) is 33.1 Å². The van der Waals surface area contributed by atoms with Crippen molar-refractivity contribution in [1.29, 1.82) is 0 Å². The SMILES string of the molecule is C/C=C/C=C/C=C\CC/C=C/C(=O)NCCC. The monoisotopic (exact) mass is 233 g/mol. The molecule has 0 aromatic carbocycles. The molecule has 0 rings (SSSR count). The second kappa shape index (κ2) is 12.5. The smallest absolute Gasteiger partial charge is 0.243 e. The first-order chi connectivity index (χ1) is 8.31. The Bertz CT molecular complexity index is 298. The Morgan fingerprint density at radius 1 is 1.06 bits per heavy atom. The lowest BCUT2D eigenvalue weighted by Gasteiger charge is -1.96. The van der Waals surface area contributed by atoms with Gasteiger partial charge in [0.05, 0.1) is 0 Å². The highest BCUT2D eigenvalue weighted by Crippen LogP contribution is 1.93. The van der Waals surface area contributed by atoms with E-state index in [4.69, 9.17) is 0 Å². The van der Waals surface area contributed by atoms with Crippen LogP contribution in [0.4, 0.5) is 0 Å². The van der Waals surface area contributed by atoms with E-state index < -0.39 is 0 Å². The molecular weight excluding hydrogens is 210 g/mol. The molecule has 0 aliphatic carbocycles. The Morgan fingerprint density at radius 3 is 2.47 bits per heavy atom. The topological polar surface area (TPSA) is 29.1 Å². The molecule has 0 saturated carbocycles.